The number of likely N-dealkylation sites (N-methyl/N-ethyl adjacent to an activating group) is 1. The van der Waals surface area contributed by atoms with Crippen molar-refractivity contribution in [1.29, 1.82) is 0 Å². The van der Waals surface area contributed by atoms with E-state index in [0.717, 1.165) is 6.42 Å². The second-order valence-corrected chi connectivity index (χ2v) is 4.75. The van der Waals surface area contributed by atoms with Gasteiger partial charge in [-0.2, -0.15) is 0 Å². The molecule has 4 rings (SSSR count). The van der Waals surface area contributed by atoms with Crippen LogP contribution in [0.5, 0.6) is 0 Å². The Hall–Kier alpha value is -0.120. The molecule has 0 amide bonds. The molecule has 1 N–H and O–H groups in total. The van der Waals surface area contributed by atoms with Gasteiger partial charge < -0.3 is 9.84 Å². The monoisotopic (exact) mass is 167 g/mol. The molecule has 3 heteroatoms. The minimum atomic E-state index is -0.0300. The molecule has 1 saturated carbocycles. The summed E-state index contributed by atoms with van der Waals surface area (Å²) in [6, 6.07) is 1.17. The maximum atomic E-state index is 9.77. The fourth-order valence-electron chi connectivity index (χ4n) is 3.70. The summed E-state index contributed by atoms with van der Waals surface area (Å²) in [5, 5.41) is 9.77. The van der Waals surface area contributed by atoms with Gasteiger partial charge in [-0.25, -0.2) is 0 Å². The van der Waals surface area contributed by atoms with Crippen molar-refractivity contribution in [3.05, 3.63) is 0 Å². The van der Waals surface area contributed by atoms with E-state index < -0.39 is 0 Å². The molecule has 12 heavy (non-hydrogen) atoms. The summed E-state index contributed by atoms with van der Waals surface area (Å²) in [6.07, 6.45) is 1.91. The van der Waals surface area contributed by atoms with E-state index in [4.69, 9.17) is 4.74 Å². The summed E-state index contributed by atoms with van der Waals surface area (Å²) in [7, 11) is 2.19. The molecule has 3 heterocycles. The van der Waals surface area contributed by atoms with Gasteiger partial charge in [-0.15, -0.1) is 0 Å². The van der Waals surface area contributed by atoms with E-state index in [2.05, 4.69) is 11.9 Å². The first-order chi connectivity index (χ1) is 5.79. The van der Waals surface area contributed by atoms with Crippen LogP contribution in [0.15, 0.2) is 0 Å². The molecule has 3 aliphatic heterocycles. The number of rotatable bonds is 0. The van der Waals surface area contributed by atoms with E-state index in [1.54, 1.807) is 0 Å². The van der Waals surface area contributed by atoms with Crippen LogP contribution < -0.4 is 0 Å². The van der Waals surface area contributed by atoms with Crippen molar-refractivity contribution >= 4 is 0 Å². The van der Waals surface area contributed by atoms with Gasteiger partial charge >= 0.3 is 0 Å². The zero-order valence-electron chi connectivity index (χ0n) is 7.05. The lowest BCUT2D eigenvalue weighted by atomic mass is 9.97. The predicted molar refractivity (Wildman–Crippen MR) is 41.6 cm³/mol. The maximum absolute atomic E-state index is 9.77. The predicted octanol–water partition coefficient (Wildman–Crippen LogP) is -0.553. The van der Waals surface area contributed by atoms with Crippen molar-refractivity contribution < 1.29 is 9.84 Å². The first kappa shape index (κ1) is 6.35. The summed E-state index contributed by atoms with van der Waals surface area (Å²) in [5.41, 5.74) is 0. The number of nitrogens with zero attached hydrogens (tertiary/aromatic N) is 1. The summed E-state index contributed by atoms with van der Waals surface area (Å²) in [6.45, 7) is 0. The minimum Gasteiger partial charge on any atom is -0.393 e. The topological polar surface area (TPSA) is 36.0 Å². The molecule has 0 spiro atoms. The second kappa shape index (κ2) is 1.59. The number of piperidine rings is 2. The van der Waals surface area contributed by atoms with Gasteiger partial charge in [0.15, 0.2) is 0 Å². The molecule has 2 bridgehead atoms. The van der Waals surface area contributed by atoms with Gasteiger partial charge in [-0.1, -0.05) is 0 Å². The molecule has 0 aromatic heterocycles. The SMILES string of the molecule is CN1C2C3C(O)CC1[C@H]1O[C@H]1C32. The number of epoxide rings is 1. The lowest BCUT2D eigenvalue weighted by molar-refractivity contribution is 0.0376. The molecular weight excluding hydrogens is 154 g/mol. The van der Waals surface area contributed by atoms with Crippen LogP contribution in [0.1, 0.15) is 6.42 Å². The van der Waals surface area contributed by atoms with Crippen molar-refractivity contribution in [2.75, 3.05) is 7.05 Å². The van der Waals surface area contributed by atoms with Gasteiger partial charge in [0.2, 0.25) is 0 Å². The molecule has 5 unspecified atom stereocenters. The quantitative estimate of drug-likeness (QED) is 0.492. The van der Waals surface area contributed by atoms with E-state index in [9.17, 15) is 5.11 Å². The number of hydrogen-bond donors (Lipinski definition) is 1. The Morgan fingerprint density at radius 3 is 3.00 bits per heavy atom. The fourth-order valence-corrected chi connectivity index (χ4v) is 3.70. The highest BCUT2D eigenvalue weighted by molar-refractivity contribution is 5.25. The number of hydrogen-bond acceptors (Lipinski definition) is 3. The number of fused-ring (bicyclic) bond motifs is 5. The van der Waals surface area contributed by atoms with Gasteiger partial charge in [-0.3, -0.25) is 4.90 Å². The largest absolute Gasteiger partial charge is 0.393 e. The fraction of sp³-hybridized carbons (Fsp3) is 1.00. The third-order valence-corrected chi connectivity index (χ3v) is 4.33. The Kier molecular flexibility index (Phi) is 0.839. The first-order valence-electron chi connectivity index (χ1n) is 4.84. The number of ether oxygens (including phenoxy) is 1. The van der Waals surface area contributed by atoms with Crippen LogP contribution in [0.25, 0.3) is 0 Å². The Bertz CT molecular complexity index is 242. The van der Waals surface area contributed by atoms with Crippen LogP contribution in [0.2, 0.25) is 0 Å². The van der Waals surface area contributed by atoms with Gasteiger partial charge in [-0.05, 0) is 13.5 Å². The van der Waals surface area contributed by atoms with E-state index in [1.807, 2.05) is 0 Å². The second-order valence-electron chi connectivity index (χ2n) is 4.75. The van der Waals surface area contributed by atoms with Gasteiger partial charge in [0.1, 0.15) is 6.10 Å². The Labute approximate surface area is 71.3 Å². The standard InChI is InChI=1S/C9H13NO2/c1-10-3-2-4(11)5-6(7(5)10)9-8(3)12-9/h3-9,11H,2H2,1H3/t3?,4?,5?,6?,7?,8-,9+/m1/s1. The summed E-state index contributed by atoms with van der Waals surface area (Å²) in [5.74, 6) is 1.22. The highest BCUT2D eigenvalue weighted by Crippen LogP contribution is 2.63. The zero-order valence-corrected chi connectivity index (χ0v) is 7.05. The molecule has 7 atom stereocenters. The molecular formula is C9H13NO2. The molecule has 1 aliphatic carbocycles. The average molecular weight is 167 g/mol. The highest BCUT2D eigenvalue weighted by atomic mass is 16.6. The maximum Gasteiger partial charge on any atom is 0.100 e. The Morgan fingerprint density at radius 1 is 1.33 bits per heavy atom. The highest BCUT2D eigenvalue weighted by Gasteiger charge is 2.75. The van der Waals surface area contributed by atoms with Gasteiger partial charge in [0, 0.05) is 23.9 Å². The average Bonchev–Trinajstić information content (AvgIpc) is 2.75. The van der Waals surface area contributed by atoms with E-state index in [1.165, 1.54) is 0 Å². The molecule has 0 aromatic rings. The van der Waals surface area contributed by atoms with Crippen molar-refractivity contribution in [3.8, 4) is 0 Å². The molecule has 4 fully saturated rings. The van der Waals surface area contributed by atoms with E-state index >= 15 is 0 Å². The lowest BCUT2D eigenvalue weighted by Crippen LogP contribution is -2.47. The molecule has 4 aliphatic rings. The zero-order chi connectivity index (χ0) is 8.03. The van der Waals surface area contributed by atoms with Crippen LogP contribution >= 0.6 is 0 Å². The first-order valence-corrected chi connectivity index (χ1v) is 4.84. The number of aliphatic hydroxyl groups excluding tert-OH is 1. The Balaban J connectivity index is 1.80. The summed E-state index contributed by atoms with van der Waals surface area (Å²) >= 11 is 0. The normalized spacial score (nSPS) is 72.0. The molecule has 3 saturated heterocycles. The van der Waals surface area contributed by atoms with E-state index in [0.29, 0.717) is 36.1 Å². The Morgan fingerprint density at radius 2 is 2.17 bits per heavy atom. The van der Waals surface area contributed by atoms with Gasteiger partial charge in [0.25, 0.3) is 0 Å². The summed E-state index contributed by atoms with van der Waals surface area (Å²) < 4.78 is 5.63. The van der Waals surface area contributed by atoms with Crippen molar-refractivity contribution in [1.82, 2.24) is 4.90 Å². The van der Waals surface area contributed by atoms with E-state index in [-0.39, 0.29) is 6.10 Å². The lowest BCUT2D eigenvalue weighted by Gasteiger charge is -2.34. The van der Waals surface area contributed by atoms with Crippen LogP contribution in [0.3, 0.4) is 0 Å². The smallest absolute Gasteiger partial charge is 0.100 e. The molecule has 0 radical (unpaired) electrons. The van der Waals surface area contributed by atoms with Crippen molar-refractivity contribution in [2.45, 2.75) is 36.8 Å². The van der Waals surface area contributed by atoms with Crippen LogP contribution in [0, 0.1) is 11.8 Å². The van der Waals surface area contributed by atoms with Crippen molar-refractivity contribution in [2.24, 2.45) is 11.8 Å². The number of aliphatic hydroxyl groups is 1. The van der Waals surface area contributed by atoms with Crippen LogP contribution in [-0.2, 0) is 4.74 Å². The third kappa shape index (κ3) is 0.490. The summed E-state index contributed by atoms with van der Waals surface area (Å²) in [4.78, 5) is 2.44. The minimum absolute atomic E-state index is 0.0300. The van der Waals surface area contributed by atoms with Crippen LogP contribution in [-0.4, -0.2) is 47.4 Å². The van der Waals surface area contributed by atoms with Gasteiger partial charge in [0.05, 0.1) is 12.2 Å². The molecule has 66 valence electrons. The van der Waals surface area contributed by atoms with Crippen LogP contribution in [0.4, 0.5) is 0 Å². The molecule has 0 aromatic carbocycles. The molecule has 3 nitrogen and oxygen atoms in total. The van der Waals surface area contributed by atoms with Crippen molar-refractivity contribution in [3.63, 3.8) is 0 Å². The third-order valence-electron chi connectivity index (χ3n) is 4.33.